The van der Waals surface area contributed by atoms with E-state index in [0.717, 1.165) is 0 Å². The van der Waals surface area contributed by atoms with Crippen LogP contribution in [-0.2, 0) is 16.0 Å². The molecule has 0 saturated heterocycles. The molecular formula is C8H9FO3S. The number of rotatable bonds is 3. The molecule has 0 unspecified atom stereocenters. The van der Waals surface area contributed by atoms with Crippen molar-refractivity contribution < 1.29 is 17.0 Å². The van der Waals surface area contributed by atoms with Crippen LogP contribution in [0, 0.1) is 0 Å². The predicted molar refractivity (Wildman–Crippen MR) is 46.7 cm³/mol. The standard InChI is InChI=1S/C8H9FO3S/c1-12-8-4-2-3-7(5-8)6-13(9,10)11/h2-5H,6H2,1H3. The van der Waals surface area contributed by atoms with Crippen molar-refractivity contribution in [2.45, 2.75) is 5.75 Å². The Morgan fingerprint density at radius 1 is 1.46 bits per heavy atom. The molecule has 0 radical (unpaired) electrons. The molecule has 1 aromatic carbocycles. The number of benzene rings is 1. The third-order valence-corrected chi connectivity index (χ3v) is 2.15. The molecule has 3 nitrogen and oxygen atoms in total. The monoisotopic (exact) mass is 204 g/mol. The van der Waals surface area contributed by atoms with Crippen molar-refractivity contribution in [2.75, 3.05) is 7.11 Å². The van der Waals surface area contributed by atoms with Crippen molar-refractivity contribution in [1.82, 2.24) is 0 Å². The number of halogens is 1. The van der Waals surface area contributed by atoms with Crippen LogP contribution in [0.2, 0.25) is 0 Å². The normalized spacial score (nSPS) is 11.2. The molecule has 0 heterocycles. The molecule has 0 aliphatic carbocycles. The summed E-state index contributed by atoms with van der Waals surface area (Å²) in [6.07, 6.45) is 0. The van der Waals surface area contributed by atoms with E-state index in [2.05, 4.69) is 0 Å². The smallest absolute Gasteiger partial charge is 0.306 e. The summed E-state index contributed by atoms with van der Waals surface area (Å²) in [6, 6.07) is 6.28. The molecular weight excluding hydrogens is 195 g/mol. The molecule has 1 aromatic rings. The lowest BCUT2D eigenvalue weighted by molar-refractivity contribution is 0.414. The van der Waals surface area contributed by atoms with E-state index in [1.54, 1.807) is 12.1 Å². The summed E-state index contributed by atoms with van der Waals surface area (Å²) in [6.45, 7) is 0. The fourth-order valence-electron chi connectivity index (χ4n) is 0.961. The summed E-state index contributed by atoms with van der Waals surface area (Å²) in [5, 5.41) is 0. The van der Waals surface area contributed by atoms with Crippen molar-refractivity contribution in [1.29, 1.82) is 0 Å². The summed E-state index contributed by atoms with van der Waals surface area (Å²) in [4.78, 5) is 0. The Labute approximate surface area is 76.4 Å². The highest BCUT2D eigenvalue weighted by molar-refractivity contribution is 7.85. The molecule has 0 aliphatic heterocycles. The molecule has 0 aromatic heterocycles. The average Bonchev–Trinajstić information content (AvgIpc) is 2.01. The Hall–Kier alpha value is -1.10. The van der Waals surface area contributed by atoms with Gasteiger partial charge < -0.3 is 4.74 Å². The van der Waals surface area contributed by atoms with Gasteiger partial charge in [-0.25, -0.2) is 0 Å². The summed E-state index contributed by atoms with van der Waals surface area (Å²) < 4.78 is 37.7. The Bertz CT molecular complexity index is 386. The number of hydrogen-bond donors (Lipinski definition) is 0. The lowest BCUT2D eigenvalue weighted by atomic mass is 10.2. The quantitative estimate of drug-likeness (QED) is 0.701. The van der Waals surface area contributed by atoms with Gasteiger partial charge in [0.1, 0.15) is 11.5 Å². The maximum absolute atomic E-state index is 12.2. The van der Waals surface area contributed by atoms with Crippen LogP contribution in [0.15, 0.2) is 24.3 Å². The third-order valence-electron chi connectivity index (χ3n) is 1.47. The maximum Gasteiger partial charge on any atom is 0.306 e. The van der Waals surface area contributed by atoms with Gasteiger partial charge in [-0.2, -0.15) is 8.42 Å². The second-order valence-electron chi connectivity index (χ2n) is 2.53. The topological polar surface area (TPSA) is 43.4 Å². The van der Waals surface area contributed by atoms with Crippen LogP contribution >= 0.6 is 0 Å². The molecule has 1 rings (SSSR count). The van der Waals surface area contributed by atoms with Gasteiger partial charge in [0, 0.05) is 0 Å². The second kappa shape index (κ2) is 3.74. The highest BCUT2D eigenvalue weighted by atomic mass is 32.3. The Morgan fingerprint density at radius 2 is 2.15 bits per heavy atom. The van der Waals surface area contributed by atoms with Gasteiger partial charge >= 0.3 is 10.2 Å². The van der Waals surface area contributed by atoms with Crippen molar-refractivity contribution >= 4 is 10.2 Å². The maximum atomic E-state index is 12.2. The predicted octanol–water partition coefficient (Wildman–Crippen LogP) is 1.49. The molecule has 0 aliphatic rings. The fraction of sp³-hybridized carbons (Fsp3) is 0.250. The lowest BCUT2D eigenvalue weighted by Crippen LogP contribution is -1.96. The zero-order valence-corrected chi connectivity index (χ0v) is 7.84. The molecule has 0 atom stereocenters. The minimum atomic E-state index is -4.46. The van der Waals surface area contributed by atoms with Crippen molar-refractivity contribution in [3.8, 4) is 5.75 Å². The molecule has 0 bridgehead atoms. The highest BCUT2D eigenvalue weighted by Gasteiger charge is 2.08. The lowest BCUT2D eigenvalue weighted by Gasteiger charge is -2.01. The fourth-order valence-corrected chi connectivity index (χ4v) is 1.54. The summed E-state index contributed by atoms with van der Waals surface area (Å²) in [7, 11) is -3.00. The van der Waals surface area contributed by atoms with Crippen LogP contribution < -0.4 is 4.74 Å². The first kappa shape index (κ1) is 9.98. The molecule has 13 heavy (non-hydrogen) atoms. The summed E-state index contributed by atoms with van der Waals surface area (Å²) in [5.41, 5.74) is 0.377. The molecule has 0 N–H and O–H groups in total. The van der Waals surface area contributed by atoms with Crippen molar-refractivity contribution in [3.63, 3.8) is 0 Å². The van der Waals surface area contributed by atoms with E-state index >= 15 is 0 Å². The van der Waals surface area contributed by atoms with Gasteiger partial charge in [0.15, 0.2) is 0 Å². The summed E-state index contributed by atoms with van der Waals surface area (Å²) >= 11 is 0. The van der Waals surface area contributed by atoms with Crippen LogP contribution in [0.1, 0.15) is 5.56 Å². The van der Waals surface area contributed by atoms with Gasteiger partial charge in [-0.15, -0.1) is 3.89 Å². The van der Waals surface area contributed by atoms with Crippen LogP contribution in [0.4, 0.5) is 3.89 Å². The molecule has 72 valence electrons. The van der Waals surface area contributed by atoms with E-state index in [1.807, 2.05) is 0 Å². The molecule has 0 spiro atoms. The molecule has 0 amide bonds. The Balaban J connectivity index is 2.90. The van der Waals surface area contributed by atoms with E-state index in [4.69, 9.17) is 4.74 Å². The summed E-state index contributed by atoms with van der Waals surface area (Å²) in [5.74, 6) is -0.0920. The van der Waals surface area contributed by atoms with Gasteiger partial charge in [-0.1, -0.05) is 12.1 Å². The first-order valence-corrected chi connectivity index (χ1v) is 5.12. The number of ether oxygens (including phenoxy) is 1. The Kier molecular flexibility index (Phi) is 2.87. The van der Waals surface area contributed by atoms with E-state index in [1.165, 1.54) is 19.2 Å². The second-order valence-corrected chi connectivity index (χ2v) is 3.90. The molecule has 0 fully saturated rings. The highest BCUT2D eigenvalue weighted by Crippen LogP contribution is 2.15. The van der Waals surface area contributed by atoms with Crippen molar-refractivity contribution in [2.24, 2.45) is 0 Å². The van der Waals surface area contributed by atoms with E-state index < -0.39 is 16.0 Å². The Morgan fingerprint density at radius 3 is 2.69 bits per heavy atom. The third kappa shape index (κ3) is 3.42. The van der Waals surface area contributed by atoms with E-state index in [0.29, 0.717) is 11.3 Å². The van der Waals surface area contributed by atoms with Crippen LogP contribution in [-0.4, -0.2) is 15.5 Å². The van der Waals surface area contributed by atoms with Gasteiger partial charge in [0.2, 0.25) is 0 Å². The van der Waals surface area contributed by atoms with Crippen molar-refractivity contribution in [3.05, 3.63) is 29.8 Å². The minimum Gasteiger partial charge on any atom is -0.497 e. The number of methoxy groups -OCH3 is 1. The first-order chi connectivity index (χ1) is 6.01. The zero-order chi connectivity index (χ0) is 9.90. The van der Waals surface area contributed by atoms with E-state index in [9.17, 15) is 12.3 Å². The van der Waals surface area contributed by atoms with E-state index in [-0.39, 0.29) is 0 Å². The van der Waals surface area contributed by atoms with Crippen LogP contribution in [0.5, 0.6) is 5.75 Å². The molecule has 5 heteroatoms. The van der Waals surface area contributed by atoms with Gasteiger partial charge in [-0.3, -0.25) is 0 Å². The van der Waals surface area contributed by atoms with Gasteiger partial charge in [-0.05, 0) is 17.7 Å². The largest absolute Gasteiger partial charge is 0.497 e. The average molecular weight is 204 g/mol. The van der Waals surface area contributed by atoms with Gasteiger partial charge in [0.25, 0.3) is 0 Å². The first-order valence-electron chi connectivity index (χ1n) is 3.56. The van der Waals surface area contributed by atoms with Crippen LogP contribution in [0.25, 0.3) is 0 Å². The van der Waals surface area contributed by atoms with Crippen LogP contribution in [0.3, 0.4) is 0 Å². The molecule has 0 saturated carbocycles. The SMILES string of the molecule is COc1cccc(CS(=O)(=O)F)c1. The number of hydrogen-bond acceptors (Lipinski definition) is 3. The minimum absolute atomic E-state index is 0.377. The zero-order valence-electron chi connectivity index (χ0n) is 7.03. The van der Waals surface area contributed by atoms with Gasteiger partial charge in [0.05, 0.1) is 7.11 Å².